The number of likely N-dealkylation sites (N-methyl/N-ethyl adjacent to an activating group) is 1. The zero-order valence-electron chi connectivity index (χ0n) is 16.1. The van der Waals surface area contributed by atoms with Gasteiger partial charge in [0.2, 0.25) is 5.88 Å². The molecule has 3 heterocycles. The second kappa shape index (κ2) is 7.94. The van der Waals surface area contributed by atoms with E-state index in [0.717, 1.165) is 17.9 Å². The lowest BCUT2D eigenvalue weighted by Crippen LogP contribution is -2.22. The summed E-state index contributed by atoms with van der Waals surface area (Å²) in [7, 11) is 1.90. The SMILES string of the molecule is CN1CCn2c1cc(OCc1ccc(Oc3cncc(C#N)c3)c(C#N)c1)nc2=O. The number of aromatic nitrogens is 3. The third-order valence-corrected chi connectivity index (χ3v) is 4.64. The minimum atomic E-state index is -0.346. The van der Waals surface area contributed by atoms with E-state index < -0.39 is 0 Å². The molecule has 2 aromatic heterocycles. The van der Waals surface area contributed by atoms with E-state index in [1.54, 1.807) is 34.9 Å². The van der Waals surface area contributed by atoms with Crippen LogP contribution in [0.1, 0.15) is 16.7 Å². The number of anilines is 1. The van der Waals surface area contributed by atoms with E-state index in [1.807, 2.05) is 18.0 Å². The third kappa shape index (κ3) is 3.77. The Morgan fingerprint density at radius 2 is 2.00 bits per heavy atom. The summed E-state index contributed by atoms with van der Waals surface area (Å²) in [6, 6.07) is 12.4. The second-order valence-corrected chi connectivity index (χ2v) is 6.66. The van der Waals surface area contributed by atoms with Crippen molar-refractivity contribution in [2.75, 3.05) is 18.5 Å². The van der Waals surface area contributed by atoms with Gasteiger partial charge in [-0.25, -0.2) is 4.79 Å². The fourth-order valence-corrected chi connectivity index (χ4v) is 3.10. The van der Waals surface area contributed by atoms with Crippen LogP contribution in [-0.4, -0.2) is 28.1 Å². The van der Waals surface area contributed by atoms with Crippen molar-refractivity contribution in [3.63, 3.8) is 0 Å². The van der Waals surface area contributed by atoms with Crippen molar-refractivity contribution in [3.8, 4) is 29.5 Å². The molecule has 0 saturated carbocycles. The summed E-state index contributed by atoms with van der Waals surface area (Å²) < 4.78 is 13.0. The van der Waals surface area contributed by atoms with Crippen LogP contribution < -0.4 is 20.1 Å². The maximum atomic E-state index is 12.1. The maximum Gasteiger partial charge on any atom is 0.352 e. The summed E-state index contributed by atoms with van der Waals surface area (Å²) in [6.45, 7) is 1.50. The van der Waals surface area contributed by atoms with E-state index in [9.17, 15) is 10.1 Å². The predicted molar refractivity (Wildman–Crippen MR) is 106 cm³/mol. The first-order valence-corrected chi connectivity index (χ1v) is 9.09. The predicted octanol–water partition coefficient (Wildman–Crippen LogP) is 2.20. The normalized spacial score (nSPS) is 12.0. The Morgan fingerprint density at radius 3 is 2.80 bits per heavy atom. The van der Waals surface area contributed by atoms with Gasteiger partial charge in [0.05, 0.1) is 17.3 Å². The van der Waals surface area contributed by atoms with Gasteiger partial charge in [0, 0.05) is 38.5 Å². The average molecular weight is 400 g/mol. The van der Waals surface area contributed by atoms with E-state index in [2.05, 4.69) is 16.0 Å². The molecule has 3 aromatic rings. The summed E-state index contributed by atoms with van der Waals surface area (Å²) >= 11 is 0. The third-order valence-electron chi connectivity index (χ3n) is 4.64. The molecule has 0 radical (unpaired) electrons. The number of ether oxygens (including phenoxy) is 2. The molecular weight excluding hydrogens is 384 g/mol. The Bertz CT molecular complexity index is 1250. The minimum absolute atomic E-state index is 0.139. The molecule has 0 fully saturated rings. The van der Waals surface area contributed by atoms with Crippen LogP contribution in [0, 0.1) is 22.7 Å². The molecule has 0 amide bonds. The minimum Gasteiger partial charge on any atom is -0.473 e. The van der Waals surface area contributed by atoms with Gasteiger partial charge in [-0.2, -0.15) is 15.5 Å². The van der Waals surface area contributed by atoms with Crippen molar-refractivity contribution in [2.24, 2.45) is 0 Å². The molecule has 1 aliphatic heterocycles. The van der Waals surface area contributed by atoms with Gasteiger partial charge in [-0.15, -0.1) is 0 Å². The van der Waals surface area contributed by atoms with Crippen LogP contribution >= 0.6 is 0 Å². The Hall–Kier alpha value is -4.37. The number of rotatable bonds is 5. The Kier molecular flexibility index (Phi) is 5.02. The average Bonchev–Trinajstić information content (AvgIpc) is 3.14. The van der Waals surface area contributed by atoms with Gasteiger partial charge in [-0.1, -0.05) is 6.07 Å². The van der Waals surface area contributed by atoms with Gasteiger partial charge < -0.3 is 14.4 Å². The van der Waals surface area contributed by atoms with Gasteiger partial charge >= 0.3 is 5.69 Å². The lowest BCUT2D eigenvalue weighted by molar-refractivity contribution is 0.291. The summed E-state index contributed by atoms with van der Waals surface area (Å²) in [5.74, 6) is 1.70. The van der Waals surface area contributed by atoms with Gasteiger partial charge in [-0.05, 0) is 17.7 Å². The van der Waals surface area contributed by atoms with E-state index in [-0.39, 0.29) is 18.2 Å². The number of hydrogen-bond donors (Lipinski definition) is 0. The molecule has 1 aromatic carbocycles. The Balaban J connectivity index is 1.50. The van der Waals surface area contributed by atoms with Crippen molar-refractivity contribution in [1.29, 1.82) is 10.5 Å². The monoisotopic (exact) mass is 400 g/mol. The number of pyridine rings is 1. The van der Waals surface area contributed by atoms with Crippen molar-refractivity contribution in [2.45, 2.75) is 13.2 Å². The lowest BCUT2D eigenvalue weighted by atomic mass is 10.1. The van der Waals surface area contributed by atoms with Crippen LogP contribution in [0.25, 0.3) is 0 Å². The second-order valence-electron chi connectivity index (χ2n) is 6.66. The molecule has 0 atom stereocenters. The summed E-state index contributed by atoms with van der Waals surface area (Å²) in [4.78, 5) is 22.0. The number of nitriles is 2. The molecule has 0 saturated heterocycles. The number of fused-ring (bicyclic) bond motifs is 1. The smallest absolute Gasteiger partial charge is 0.352 e. The van der Waals surface area contributed by atoms with E-state index in [1.165, 1.54) is 12.4 Å². The molecule has 9 nitrogen and oxygen atoms in total. The molecule has 0 unspecified atom stereocenters. The Morgan fingerprint density at radius 1 is 1.13 bits per heavy atom. The van der Waals surface area contributed by atoms with E-state index in [0.29, 0.717) is 29.2 Å². The molecule has 9 heteroatoms. The molecule has 0 bridgehead atoms. The van der Waals surface area contributed by atoms with Gasteiger partial charge in [0.25, 0.3) is 0 Å². The standard InChI is InChI=1S/C21H16N6O3/c1-26-4-5-27-20(26)8-19(25-21(27)28)29-13-14-2-3-18(16(6-14)10-23)30-17-7-15(9-22)11-24-12-17/h2-3,6-8,11-12H,4-5,13H2,1H3. The molecule has 30 heavy (non-hydrogen) atoms. The number of nitrogens with zero attached hydrogens (tertiary/aromatic N) is 6. The van der Waals surface area contributed by atoms with Gasteiger partial charge in [-0.3, -0.25) is 9.55 Å². The molecule has 1 aliphatic rings. The first kappa shape index (κ1) is 19.0. The zero-order valence-corrected chi connectivity index (χ0v) is 16.1. The van der Waals surface area contributed by atoms with Crippen LogP contribution in [-0.2, 0) is 13.2 Å². The number of benzene rings is 1. The molecule has 0 aliphatic carbocycles. The zero-order chi connectivity index (χ0) is 21.1. The first-order valence-electron chi connectivity index (χ1n) is 9.09. The Labute approximate surface area is 172 Å². The molecule has 4 rings (SSSR count). The lowest BCUT2D eigenvalue weighted by Gasteiger charge is -2.13. The highest BCUT2D eigenvalue weighted by molar-refractivity contribution is 5.48. The van der Waals surface area contributed by atoms with Crippen molar-refractivity contribution >= 4 is 5.82 Å². The summed E-state index contributed by atoms with van der Waals surface area (Å²) in [5.41, 5.74) is 1.04. The van der Waals surface area contributed by atoms with E-state index in [4.69, 9.17) is 14.7 Å². The molecule has 148 valence electrons. The molecule has 0 N–H and O–H groups in total. The van der Waals surface area contributed by atoms with Crippen molar-refractivity contribution < 1.29 is 9.47 Å². The summed E-state index contributed by atoms with van der Waals surface area (Å²) in [6.07, 6.45) is 2.89. The first-order chi connectivity index (χ1) is 14.6. The number of hydrogen-bond acceptors (Lipinski definition) is 8. The quantitative estimate of drug-likeness (QED) is 0.640. The molecular formula is C21H16N6O3. The maximum absolute atomic E-state index is 12.1. The highest BCUT2D eigenvalue weighted by Crippen LogP contribution is 2.27. The fraction of sp³-hybridized carbons (Fsp3) is 0.190. The molecule has 0 spiro atoms. The highest BCUT2D eigenvalue weighted by Gasteiger charge is 2.19. The topological polar surface area (TPSA) is 117 Å². The van der Waals surface area contributed by atoms with Crippen LogP contribution in [0.3, 0.4) is 0 Å². The highest BCUT2D eigenvalue weighted by atomic mass is 16.5. The van der Waals surface area contributed by atoms with Crippen molar-refractivity contribution in [3.05, 3.63) is 69.9 Å². The summed E-state index contributed by atoms with van der Waals surface area (Å²) in [5, 5.41) is 18.4. The van der Waals surface area contributed by atoms with Crippen LogP contribution in [0.2, 0.25) is 0 Å². The van der Waals surface area contributed by atoms with Crippen LogP contribution in [0.15, 0.2) is 47.5 Å². The van der Waals surface area contributed by atoms with Crippen LogP contribution in [0.4, 0.5) is 5.82 Å². The van der Waals surface area contributed by atoms with Crippen molar-refractivity contribution in [1.82, 2.24) is 14.5 Å². The fourth-order valence-electron chi connectivity index (χ4n) is 3.10. The largest absolute Gasteiger partial charge is 0.473 e. The van der Waals surface area contributed by atoms with Crippen LogP contribution in [0.5, 0.6) is 17.4 Å². The van der Waals surface area contributed by atoms with Gasteiger partial charge in [0.15, 0.2) is 0 Å². The van der Waals surface area contributed by atoms with E-state index >= 15 is 0 Å². The van der Waals surface area contributed by atoms with Gasteiger partial charge in [0.1, 0.15) is 36.1 Å².